The van der Waals surface area contributed by atoms with Crippen molar-refractivity contribution >= 4 is 17.2 Å². The van der Waals surface area contributed by atoms with Gasteiger partial charge in [-0.05, 0) is 83.8 Å². The first-order chi connectivity index (χ1) is 18.5. The third kappa shape index (κ3) is 6.10. The van der Waals surface area contributed by atoms with Gasteiger partial charge in [0.25, 0.3) is 0 Å². The molecule has 3 N–H and O–H groups in total. The van der Waals surface area contributed by atoms with Gasteiger partial charge in [0.2, 0.25) is 5.91 Å². The number of carbonyl (C=O) groups is 1. The van der Waals surface area contributed by atoms with Crippen molar-refractivity contribution in [2.75, 3.05) is 6.54 Å². The Bertz CT molecular complexity index is 1300. The molecule has 1 saturated carbocycles. The molecule has 7 heteroatoms. The maximum absolute atomic E-state index is 12.9. The lowest BCUT2D eigenvalue weighted by molar-refractivity contribution is -0.122. The van der Waals surface area contributed by atoms with Gasteiger partial charge in [0.05, 0.1) is 30.2 Å². The highest BCUT2D eigenvalue weighted by atomic mass is 32.1. The van der Waals surface area contributed by atoms with Crippen molar-refractivity contribution < 1.29 is 14.6 Å². The Kier molecular flexibility index (Phi) is 8.13. The highest BCUT2D eigenvalue weighted by Gasteiger charge is 2.45. The molecule has 0 unspecified atom stereocenters. The summed E-state index contributed by atoms with van der Waals surface area (Å²) in [5.41, 5.74) is 4.72. The Morgan fingerprint density at radius 3 is 2.79 bits per heavy atom. The van der Waals surface area contributed by atoms with E-state index in [0.717, 1.165) is 48.1 Å². The quantitative estimate of drug-likeness (QED) is 0.349. The van der Waals surface area contributed by atoms with Gasteiger partial charge >= 0.3 is 0 Å². The van der Waals surface area contributed by atoms with E-state index >= 15 is 0 Å². The third-order valence-electron chi connectivity index (χ3n) is 7.87. The molecule has 2 heterocycles. The summed E-state index contributed by atoms with van der Waals surface area (Å²) in [7, 11) is 0. The summed E-state index contributed by atoms with van der Waals surface area (Å²) in [5.74, 6) is 0.815. The maximum Gasteiger partial charge on any atom is 0.224 e. The van der Waals surface area contributed by atoms with Crippen LogP contribution in [0.25, 0.3) is 0 Å². The number of nitrogens with zero attached hydrogens (tertiary/aromatic N) is 1. The van der Waals surface area contributed by atoms with E-state index < -0.39 is 12.1 Å². The van der Waals surface area contributed by atoms with Crippen LogP contribution >= 0.6 is 11.3 Å². The first-order valence-electron chi connectivity index (χ1n) is 13.5. The van der Waals surface area contributed by atoms with Crippen molar-refractivity contribution in [3.05, 3.63) is 87.1 Å². The number of rotatable bonds is 10. The van der Waals surface area contributed by atoms with Crippen LogP contribution in [0.4, 0.5) is 0 Å². The Balaban J connectivity index is 1.31. The van der Waals surface area contributed by atoms with E-state index in [1.54, 1.807) is 17.4 Å². The summed E-state index contributed by atoms with van der Waals surface area (Å²) < 4.78 is 6.46. The van der Waals surface area contributed by atoms with Gasteiger partial charge in [-0.25, -0.2) is 0 Å². The van der Waals surface area contributed by atoms with Crippen LogP contribution in [0.1, 0.15) is 66.5 Å². The van der Waals surface area contributed by atoms with Crippen LogP contribution < -0.4 is 15.4 Å². The van der Waals surface area contributed by atoms with Gasteiger partial charge in [0.15, 0.2) is 0 Å². The monoisotopic (exact) mass is 529 g/mol. The fourth-order valence-electron chi connectivity index (χ4n) is 5.55. The number of nitriles is 1. The topological polar surface area (TPSA) is 94.4 Å². The number of carbonyl (C=O) groups excluding carboxylic acids is 1. The minimum absolute atomic E-state index is 0.0734. The number of benzene rings is 2. The summed E-state index contributed by atoms with van der Waals surface area (Å²) in [6.45, 7) is 2.48. The lowest BCUT2D eigenvalue weighted by atomic mass is 9.72. The molecule has 3 aromatic rings. The number of aliphatic hydroxyl groups is 1. The molecule has 0 saturated heterocycles. The van der Waals surface area contributed by atoms with Crippen LogP contribution in [0.15, 0.2) is 59.3 Å². The Hall–Kier alpha value is -3.18. The smallest absolute Gasteiger partial charge is 0.224 e. The number of ether oxygens (including phenoxy) is 1. The van der Waals surface area contributed by atoms with E-state index in [4.69, 9.17) is 4.74 Å². The number of fused-ring (bicyclic) bond motifs is 1. The molecule has 38 heavy (non-hydrogen) atoms. The number of nitrogens with one attached hydrogen (secondary N) is 2. The highest BCUT2D eigenvalue weighted by Crippen LogP contribution is 2.49. The second-order valence-electron chi connectivity index (χ2n) is 10.6. The molecule has 1 spiro atoms. The number of aryl methyl sites for hydroxylation is 1. The molecule has 2 aromatic carbocycles. The minimum Gasteiger partial charge on any atom is -0.487 e. The van der Waals surface area contributed by atoms with Crippen molar-refractivity contribution in [3.63, 3.8) is 0 Å². The average molecular weight is 530 g/mol. The molecule has 1 fully saturated rings. The summed E-state index contributed by atoms with van der Waals surface area (Å²) in [4.78, 5) is 12.9. The molecule has 0 radical (unpaired) electrons. The van der Waals surface area contributed by atoms with Crippen LogP contribution in [0.2, 0.25) is 0 Å². The van der Waals surface area contributed by atoms with Gasteiger partial charge in [0, 0.05) is 24.6 Å². The number of hydrogen-bond donors (Lipinski definition) is 3. The molecule has 2 aliphatic rings. The van der Waals surface area contributed by atoms with Crippen LogP contribution in [0.3, 0.4) is 0 Å². The molecule has 198 valence electrons. The van der Waals surface area contributed by atoms with E-state index in [0.29, 0.717) is 18.5 Å². The van der Waals surface area contributed by atoms with E-state index in [-0.39, 0.29) is 24.0 Å². The molecule has 5 rings (SSSR count). The third-order valence-corrected chi connectivity index (χ3v) is 8.60. The van der Waals surface area contributed by atoms with Crippen molar-refractivity contribution in [2.24, 2.45) is 0 Å². The zero-order valence-electron chi connectivity index (χ0n) is 21.8. The zero-order valence-corrected chi connectivity index (χ0v) is 22.6. The first kappa shape index (κ1) is 26.4. The van der Waals surface area contributed by atoms with E-state index in [2.05, 4.69) is 41.8 Å². The van der Waals surface area contributed by atoms with E-state index in [9.17, 15) is 15.2 Å². The molecule has 1 aliphatic carbocycles. The van der Waals surface area contributed by atoms with Gasteiger partial charge in [-0.3, -0.25) is 4.79 Å². The molecule has 1 aromatic heterocycles. The minimum atomic E-state index is -0.815. The predicted octanol–water partition coefficient (Wildman–Crippen LogP) is 4.85. The highest BCUT2D eigenvalue weighted by molar-refractivity contribution is 7.08. The normalized spacial score (nSPS) is 18.9. The number of thiophene rings is 1. The van der Waals surface area contributed by atoms with Crippen LogP contribution in [0.5, 0.6) is 5.75 Å². The molecule has 3 atom stereocenters. The predicted molar refractivity (Wildman–Crippen MR) is 149 cm³/mol. The van der Waals surface area contributed by atoms with Gasteiger partial charge in [-0.1, -0.05) is 31.2 Å². The maximum atomic E-state index is 12.9. The first-order valence-corrected chi connectivity index (χ1v) is 14.4. The van der Waals surface area contributed by atoms with Crippen molar-refractivity contribution in [1.29, 1.82) is 5.26 Å². The summed E-state index contributed by atoms with van der Waals surface area (Å²) in [5, 5.41) is 31.3. The Morgan fingerprint density at radius 2 is 2.08 bits per heavy atom. The average Bonchev–Trinajstić information content (AvgIpc) is 3.42. The standard InChI is InChI=1S/C31H35N3O3S/c1-2-21-7-8-29-25(14-21)27(17-31(37-29)10-4-11-31)33-19-28(35)26(15-22-5-3-6-23(13-22)18-32)34-30(36)16-24-9-12-38-20-24/h3,5-9,12-14,20,26-28,33,35H,2,4,10-11,15-17,19H2,1H3,(H,34,36)/t26-,27-,28+/m0/s1. The van der Waals surface area contributed by atoms with E-state index in [1.165, 1.54) is 12.0 Å². The zero-order chi connectivity index (χ0) is 26.5. The molecular weight excluding hydrogens is 494 g/mol. The molecule has 6 nitrogen and oxygen atoms in total. The largest absolute Gasteiger partial charge is 0.487 e. The van der Waals surface area contributed by atoms with Crippen molar-refractivity contribution in [1.82, 2.24) is 10.6 Å². The van der Waals surface area contributed by atoms with Crippen LogP contribution in [-0.2, 0) is 24.1 Å². The van der Waals surface area contributed by atoms with Gasteiger partial charge < -0.3 is 20.5 Å². The fourth-order valence-corrected chi connectivity index (χ4v) is 6.21. The number of amides is 1. The second-order valence-corrected chi connectivity index (χ2v) is 11.4. The number of hydrogen-bond acceptors (Lipinski definition) is 6. The molecule has 0 bridgehead atoms. The van der Waals surface area contributed by atoms with Crippen molar-refractivity contribution in [2.45, 2.75) is 75.7 Å². The van der Waals surface area contributed by atoms with Crippen LogP contribution in [0, 0.1) is 11.3 Å². The Morgan fingerprint density at radius 1 is 1.21 bits per heavy atom. The number of aliphatic hydroxyl groups excluding tert-OH is 1. The van der Waals surface area contributed by atoms with Gasteiger partial charge in [-0.15, -0.1) is 0 Å². The molecular formula is C31H35N3O3S. The Labute approximate surface area is 228 Å². The van der Waals surface area contributed by atoms with Gasteiger partial charge in [-0.2, -0.15) is 16.6 Å². The summed E-state index contributed by atoms with van der Waals surface area (Å²) >= 11 is 1.56. The van der Waals surface area contributed by atoms with Gasteiger partial charge in [0.1, 0.15) is 11.4 Å². The lowest BCUT2D eigenvalue weighted by Gasteiger charge is -2.48. The van der Waals surface area contributed by atoms with E-state index in [1.807, 2.05) is 35.0 Å². The lowest BCUT2D eigenvalue weighted by Crippen LogP contribution is -2.52. The SMILES string of the molecule is CCc1ccc2c(c1)[C@@H](NC[C@@H](O)[C@H](Cc1cccc(C#N)c1)NC(=O)Cc1ccsc1)CC1(CCC1)O2. The summed E-state index contributed by atoms with van der Waals surface area (Å²) in [6.07, 6.45) is 5.00. The molecule has 1 aliphatic heterocycles. The summed E-state index contributed by atoms with van der Waals surface area (Å²) in [6, 6.07) is 17.5. The molecule has 1 amide bonds. The van der Waals surface area contributed by atoms with Crippen LogP contribution in [-0.4, -0.2) is 35.3 Å². The second kappa shape index (κ2) is 11.7. The fraction of sp³-hybridized carbons (Fsp3) is 0.419. The van der Waals surface area contributed by atoms with Crippen molar-refractivity contribution in [3.8, 4) is 11.8 Å².